The summed E-state index contributed by atoms with van der Waals surface area (Å²) in [6, 6.07) is 4.57. The number of rotatable bonds is 2. The Bertz CT molecular complexity index is 356. The Kier molecular flexibility index (Phi) is 3.81. The molecule has 4 heteroatoms. The average molecular weight is 265 g/mol. The van der Waals surface area contributed by atoms with Crippen LogP contribution in [0.2, 0.25) is 5.02 Å². The van der Waals surface area contributed by atoms with E-state index in [1.165, 1.54) is 12.1 Å². The van der Waals surface area contributed by atoms with Crippen molar-refractivity contribution < 1.29 is 4.39 Å². The highest BCUT2D eigenvalue weighted by atomic mass is 35.5. The van der Waals surface area contributed by atoms with Gasteiger partial charge in [0, 0.05) is 16.2 Å². The Morgan fingerprint density at radius 3 is 2.80 bits per heavy atom. The molecule has 1 aliphatic rings. The lowest BCUT2D eigenvalue weighted by molar-refractivity contribution is 0.598. The van der Waals surface area contributed by atoms with Crippen molar-refractivity contribution >= 4 is 35.0 Å². The van der Waals surface area contributed by atoms with Gasteiger partial charge in [0.1, 0.15) is 5.82 Å². The lowest BCUT2D eigenvalue weighted by Gasteiger charge is -2.13. The first-order valence-corrected chi connectivity index (χ1v) is 6.79. The fourth-order valence-corrected chi connectivity index (χ4v) is 3.81. The Hall–Kier alpha value is 0.0800. The maximum Gasteiger partial charge on any atom is 0.124 e. The second-order valence-corrected chi connectivity index (χ2v) is 5.80. The van der Waals surface area contributed by atoms with E-state index < -0.39 is 0 Å². The molecule has 0 N–H and O–H groups in total. The number of thioether (sulfide) groups is 1. The summed E-state index contributed by atoms with van der Waals surface area (Å²) in [5.41, 5.74) is 0.996. The highest BCUT2D eigenvalue weighted by molar-refractivity contribution is 7.99. The van der Waals surface area contributed by atoms with Crippen molar-refractivity contribution in [1.82, 2.24) is 0 Å². The molecule has 1 heterocycles. The smallest absolute Gasteiger partial charge is 0.124 e. The molecule has 1 saturated heterocycles. The van der Waals surface area contributed by atoms with E-state index in [4.69, 9.17) is 23.2 Å². The van der Waals surface area contributed by atoms with E-state index in [0.29, 0.717) is 10.9 Å². The van der Waals surface area contributed by atoms with Gasteiger partial charge >= 0.3 is 0 Å². The van der Waals surface area contributed by atoms with Gasteiger partial charge < -0.3 is 0 Å². The molecule has 0 aromatic heterocycles. The summed E-state index contributed by atoms with van der Waals surface area (Å²) in [6.07, 6.45) is 0.848. The lowest BCUT2D eigenvalue weighted by Crippen LogP contribution is -2.14. The first-order valence-electron chi connectivity index (χ1n) is 4.82. The molecular weight excluding hydrogens is 254 g/mol. The molecule has 1 fully saturated rings. The molecule has 1 aliphatic heterocycles. The van der Waals surface area contributed by atoms with Gasteiger partial charge in [-0.1, -0.05) is 17.7 Å². The lowest BCUT2D eigenvalue weighted by atomic mass is 9.98. The summed E-state index contributed by atoms with van der Waals surface area (Å²) in [4.78, 5) is 0. The third kappa shape index (κ3) is 2.80. The molecule has 0 aliphatic carbocycles. The summed E-state index contributed by atoms with van der Waals surface area (Å²) >= 11 is 14.0. The highest BCUT2D eigenvalue weighted by Crippen LogP contribution is 2.32. The fourth-order valence-electron chi connectivity index (χ4n) is 1.73. The Morgan fingerprint density at radius 1 is 1.40 bits per heavy atom. The molecule has 0 amide bonds. The molecule has 2 unspecified atom stereocenters. The van der Waals surface area contributed by atoms with Gasteiger partial charge in [0.05, 0.1) is 0 Å². The van der Waals surface area contributed by atoms with Crippen molar-refractivity contribution in [3.63, 3.8) is 0 Å². The van der Waals surface area contributed by atoms with Crippen LogP contribution in [0.5, 0.6) is 0 Å². The number of benzene rings is 1. The van der Waals surface area contributed by atoms with Gasteiger partial charge in [-0.3, -0.25) is 0 Å². The van der Waals surface area contributed by atoms with Gasteiger partial charge in [-0.15, -0.1) is 11.6 Å². The number of hydrogen-bond acceptors (Lipinski definition) is 1. The van der Waals surface area contributed by atoms with Crippen molar-refractivity contribution in [2.75, 3.05) is 11.5 Å². The zero-order valence-corrected chi connectivity index (χ0v) is 10.4. The zero-order valence-electron chi connectivity index (χ0n) is 8.05. The molecule has 0 radical (unpaired) electrons. The Morgan fingerprint density at radius 2 is 2.20 bits per heavy atom. The first kappa shape index (κ1) is 11.6. The molecule has 2 atom stereocenters. The SMILES string of the molecule is Fc1ccc(CC2CSCC2Cl)c(Cl)c1. The summed E-state index contributed by atoms with van der Waals surface area (Å²) in [7, 11) is 0. The molecule has 82 valence electrons. The van der Waals surface area contributed by atoms with Gasteiger partial charge in [-0.25, -0.2) is 4.39 Å². The van der Waals surface area contributed by atoms with E-state index in [-0.39, 0.29) is 11.2 Å². The molecule has 1 aromatic rings. The second kappa shape index (κ2) is 4.94. The van der Waals surface area contributed by atoms with Crippen LogP contribution in [-0.2, 0) is 6.42 Å². The molecule has 0 bridgehead atoms. The van der Waals surface area contributed by atoms with Gasteiger partial charge in [-0.05, 0) is 35.8 Å². The van der Waals surface area contributed by atoms with Crippen LogP contribution in [-0.4, -0.2) is 16.9 Å². The maximum absolute atomic E-state index is 12.8. The predicted octanol–water partition coefficient (Wildman–Crippen LogP) is 3.99. The van der Waals surface area contributed by atoms with E-state index >= 15 is 0 Å². The van der Waals surface area contributed by atoms with Crippen LogP contribution in [0.1, 0.15) is 5.56 Å². The summed E-state index contributed by atoms with van der Waals surface area (Å²) in [5.74, 6) is 2.25. The average Bonchev–Trinajstić information content (AvgIpc) is 2.57. The van der Waals surface area contributed by atoms with E-state index in [2.05, 4.69) is 0 Å². The summed E-state index contributed by atoms with van der Waals surface area (Å²) in [5, 5.41) is 0.729. The van der Waals surface area contributed by atoms with Crippen molar-refractivity contribution in [3.8, 4) is 0 Å². The van der Waals surface area contributed by atoms with E-state index in [0.717, 1.165) is 23.5 Å². The Labute approximate surface area is 103 Å². The van der Waals surface area contributed by atoms with Gasteiger partial charge in [0.25, 0.3) is 0 Å². The van der Waals surface area contributed by atoms with Crippen LogP contribution in [0.3, 0.4) is 0 Å². The summed E-state index contributed by atoms with van der Waals surface area (Å²) < 4.78 is 12.8. The van der Waals surface area contributed by atoms with Crippen LogP contribution in [0.25, 0.3) is 0 Å². The van der Waals surface area contributed by atoms with E-state index in [1.54, 1.807) is 6.07 Å². The minimum absolute atomic E-state index is 0.219. The Balaban J connectivity index is 2.10. The van der Waals surface area contributed by atoms with Gasteiger partial charge in [-0.2, -0.15) is 11.8 Å². The minimum atomic E-state index is -0.285. The molecule has 2 rings (SSSR count). The highest BCUT2D eigenvalue weighted by Gasteiger charge is 2.26. The monoisotopic (exact) mass is 264 g/mol. The van der Waals surface area contributed by atoms with Crippen molar-refractivity contribution in [1.29, 1.82) is 0 Å². The quantitative estimate of drug-likeness (QED) is 0.728. The van der Waals surface area contributed by atoms with Crippen molar-refractivity contribution in [2.45, 2.75) is 11.8 Å². The van der Waals surface area contributed by atoms with Crippen LogP contribution in [0.4, 0.5) is 4.39 Å². The molecule has 0 saturated carbocycles. The number of hydrogen-bond donors (Lipinski definition) is 0. The first-order chi connectivity index (χ1) is 7.16. The van der Waals surface area contributed by atoms with E-state index in [1.807, 2.05) is 11.8 Å². The topological polar surface area (TPSA) is 0 Å². The third-order valence-corrected chi connectivity index (χ3v) is 4.92. The van der Waals surface area contributed by atoms with Crippen molar-refractivity contribution in [2.24, 2.45) is 5.92 Å². The van der Waals surface area contributed by atoms with Crippen molar-refractivity contribution in [3.05, 3.63) is 34.6 Å². The fraction of sp³-hybridized carbons (Fsp3) is 0.455. The molecule has 15 heavy (non-hydrogen) atoms. The van der Waals surface area contributed by atoms with E-state index in [9.17, 15) is 4.39 Å². The second-order valence-electron chi connectivity index (χ2n) is 3.75. The van der Waals surface area contributed by atoms with Crippen LogP contribution in [0.15, 0.2) is 18.2 Å². The summed E-state index contributed by atoms with van der Waals surface area (Å²) in [6.45, 7) is 0. The van der Waals surface area contributed by atoms with Gasteiger partial charge in [0.2, 0.25) is 0 Å². The third-order valence-electron chi connectivity index (χ3n) is 2.62. The van der Waals surface area contributed by atoms with Gasteiger partial charge in [0.15, 0.2) is 0 Å². The van der Waals surface area contributed by atoms with Crippen LogP contribution in [0, 0.1) is 11.7 Å². The molecule has 1 aromatic carbocycles. The molecule has 0 spiro atoms. The van der Waals surface area contributed by atoms with Crippen LogP contribution >= 0.6 is 35.0 Å². The number of alkyl halides is 1. The maximum atomic E-state index is 12.8. The largest absolute Gasteiger partial charge is 0.207 e. The standard InChI is InChI=1S/C11H11Cl2FS/c12-10-4-9(14)2-1-7(10)3-8-5-15-6-11(8)13/h1-2,4,8,11H,3,5-6H2. The molecular formula is C11H11Cl2FS. The predicted molar refractivity (Wildman–Crippen MR) is 65.6 cm³/mol. The van der Waals surface area contributed by atoms with Crippen LogP contribution < -0.4 is 0 Å². The number of halogens is 3. The minimum Gasteiger partial charge on any atom is -0.207 e. The zero-order chi connectivity index (χ0) is 10.8. The normalized spacial score (nSPS) is 25.8. The molecule has 0 nitrogen and oxygen atoms in total.